The number of aromatic nitrogens is 1. The lowest BCUT2D eigenvalue weighted by atomic mass is 9.80. The fourth-order valence-corrected chi connectivity index (χ4v) is 4.01. The third kappa shape index (κ3) is 1.58. The van der Waals surface area contributed by atoms with Gasteiger partial charge >= 0.3 is 0 Å². The number of fused-ring (bicyclic) bond motifs is 5. The SMILES string of the molecule is C[C@@]1(O)CCCN2CCc3c([nH]c4ccccc34)C21. The Morgan fingerprint density at radius 3 is 3.05 bits per heavy atom. The molecule has 0 aliphatic carbocycles. The number of H-pyrrole nitrogens is 1. The molecule has 1 unspecified atom stereocenters. The van der Waals surface area contributed by atoms with Crippen molar-refractivity contribution in [3.63, 3.8) is 0 Å². The summed E-state index contributed by atoms with van der Waals surface area (Å²) in [6, 6.07) is 8.63. The van der Waals surface area contributed by atoms with Gasteiger partial charge in [0.05, 0.1) is 11.6 Å². The standard InChI is InChI=1S/C16H20N2O/c1-16(19)8-4-9-18-10-7-12-11-5-2-3-6-13(11)17-14(12)15(16)18/h2-3,5-6,15,17,19H,4,7-10H2,1H3/t15?,16-/m1/s1. The van der Waals surface area contributed by atoms with E-state index in [1.54, 1.807) is 0 Å². The maximum atomic E-state index is 10.8. The molecule has 0 spiro atoms. The predicted octanol–water partition coefficient (Wildman–Crippen LogP) is 2.61. The molecular weight excluding hydrogens is 236 g/mol. The van der Waals surface area contributed by atoms with Gasteiger partial charge in [0.15, 0.2) is 0 Å². The first kappa shape index (κ1) is 11.5. The van der Waals surface area contributed by atoms with Crippen LogP contribution in [0.15, 0.2) is 24.3 Å². The zero-order valence-corrected chi connectivity index (χ0v) is 11.3. The van der Waals surface area contributed by atoms with Crippen molar-refractivity contribution >= 4 is 10.9 Å². The Hall–Kier alpha value is -1.32. The van der Waals surface area contributed by atoms with Gasteiger partial charge in [-0.3, -0.25) is 4.90 Å². The van der Waals surface area contributed by atoms with Crippen molar-refractivity contribution in [2.75, 3.05) is 13.1 Å². The average Bonchev–Trinajstić information content (AvgIpc) is 2.76. The van der Waals surface area contributed by atoms with Crippen molar-refractivity contribution in [2.24, 2.45) is 0 Å². The minimum atomic E-state index is -0.617. The highest BCUT2D eigenvalue weighted by Crippen LogP contribution is 2.44. The molecule has 2 aromatic rings. The Kier molecular flexibility index (Phi) is 2.32. The van der Waals surface area contributed by atoms with Crippen molar-refractivity contribution < 1.29 is 5.11 Å². The lowest BCUT2D eigenvalue weighted by Gasteiger charge is -2.47. The summed E-state index contributed by atoms with van der Waals surface area (Å²) in [4.78, 5) is 6.01. The third-order valence-corrected chi connectivity index (χ3v) is 4.85. The van der Waals surface area contributed by atoms with E-state index in [2.05, 4.69) is 34.1 Å². The van der Waals surface area contributed by atoms with E-state index in [1.807, 2.05) is 6.92 Å². The number of nitrogens with zero attached hydrogens (tertiary/aromatic N) is 1. The Morgan fingerprint density at radius 2 is 2.16 bits per heavy atom. The van der Waals surface area contributed by atoms with Gasteiger partial charge in [0.25, 0.3) is 0 Å². The topological polar surface area (TPSA) is 39.3 Å². The molecule has 0 radical (unpaired) electrons. The number of hydrogen-bond donors (Lipinski definition) is 2. The zero-order valence-electron chi connectivity index (χ0n) is 11.3. The molecule has 2 atom stereocenters. The maximum absolute atomic E-state index is 10.8. The summed E-state index contributed by atoms with van der Waals surface area (Å²) in [5, 5.41) is 12.1. The van der Waals surface area contributed by atoms with Crippen LogP contribution in [-0.2, 0) is 6.42 Å². The molecule has 4 rings (SSSR count). The fraction of sp³-hybridized carbons (Fsp3) is 0.500. The number of aliphatic hydroxyl groups is 1. The molecular formula is C16H20N2O. The summed E-state index contributed by atoms with van der Waals surface area (Å²) in [6.45, 7) is 4.16. The quantitative estimate of drug-likeness (QED) is 0.760. The summed E-state index contributed by atoms with van der Waals surface area (Å²) >= 11 is 0. The first-order chi connectivity index (χ1) is 9.17. The minimum absolute atomic E-state index is 0.136. The van der Waals surface area contributed by atoms with Crippen LogP contribution in [0.5, 0.6) is 0 Å². The molecule has 3 heteroatoms. The molecule has 2 aliphatic heterocycles. The maximum Gasteiger partial charge on any atom is 0.0830 e. The van der Waals surface area contributed by atoms with Gasteiger partial charge < -0.3 is 10.1 Å². The highest BCUT2D eigenvalue weighted by molar-refractivity contribution is 5.85. The molecule has 19 heavy (non-hydrogen) atoms. The van der Waals surface area contributed by atoms with E-state index < -0.39 is 5.60 Å². The van der Waals surface area contributed by atoms with E-state index >= 15 is 0 Å². The number of hydrogen-bond acceptors (Lipinski definition) is 2. The summed E-state index contributed by atoms with van der Waals surface area (Å²) in [5.41, 5.74) is 3.25. The smallest absolute Gasteiger partial charge is 0.0830 e. The molecule has 2 N–H and O–H groups in total. The van der Waals surface area contributed by atoms with E-state index in [0.717, 1.165) is 32.4 Å². The molecule has 1 aromatic carbocycles. The molecule has 1 saturated heterocycles. The molecule has 0 amide bonds. The number of piperidine rings is 1. The second kappa shape index (κ2) is 3.84. The normalized spacial score (nSPS) is 31.2. The highest BCUT2D eigenvalue weighted by Gasteiger charge is 2.44. The molecule has 100 valence electrons. The van der Waals surface area contributed by atoms with Crippen LogP contribution < -0.4 is 0 Å². The summed E-state index contributed by atoms with van der Waals surface area (Å²) in [7, 11) is 0. The lowest BCUT2D eigenvalue weighted by molar-refractivity contribution is -0.0749. The van der Waals surface area contributed by atoms with Gasteiger partial charge in [0.2, 0.25) is 0 Å². The van der Waals surface area contributed by atoms with Crippen molar-refractivity contribution in [2.45, 2.75) is 37.8 Å². The van der Waals surface area contributed by atoms with Crippen LogP contribution in [0.2, 0.25) is 0 Å². The van der Waals surface area contributed by atoms with Gasteiger partial charge in [-0.1, -0.05) is 18.2 Å². The monoisotopic (exact) mass is 256 g/mol. The van der Waals surface area contributed by atoms with E-state index in [-0.39, 0.29) is 6.04 Å². The Labute approximate surface area is 113 Å². The summed E-state index contributed by atoms with van der Waals surface area (Å²) in [5.74, 6) is 0. The van der Waals surface area contributed by atoms with Gasteiger partial charge in [-0.15, -0.1) is 0 Å². The summed E-state index contributed by atoms with van der Waals surface area (Å²) in [6.07, 6.45) is 3.08. The molecule has 1 aromatic heterocycles. The molecule has 0 saturated carbocycles. The molecule has 3 nitrogen and oxygen atoms in total. The predicted molar refractivity (Wildman–Crippen MR) is 76.2 cm³/mol. The minimum Gasteiger partial charge on any atom is -0.388 e. The van der Waals surface area contributed by atoms with Crippen LogP contribution in [-0.4, -0.2) is 33.7 Å². The van der Waals surface area contributed by atoms with E-state index in [0.29, 0.717) is 0 Å². The molecule has 1 fully saturated rings. The average molecular weight is 256 g/mol. The number of aromatic amines is 1. The van der Waals surface area contributed by atoms with Crippen LogP contribution in [0.25, 0.3) is 10.9 Å². The van der Waals surface area contributed by atoms with Crippen molar-refractivity contribution in [3.8, 4) is 0 Å². The Balaban J connectivity index is 1.93. The van der Waals surface area contributed by atoms with Crippen molar-refractivity contribution in [1.29, 1.82) is 0 Å². The van der Waals surface area contributed by atoms with Gasteiger partial charge in [0, 0.05) is 23.1 Å². The number of nitrogens with one attached hydrogen (secondary N) is 1. The van der Waals surface area contributed by atoms with Crippen LogP contribution in [0, 0.1) is 0 Å². The first-order valence-corrected chi connectivity index (χ1v) is 7.23. The lowest BCUT2D eigenvalue weighted by Crippen LogP contribution is -2.51. The molecule has 0 bridgehead atoms. The Morgan fingerprint density at radius 1 is 1.32 bits per heavy atom. The van der Waals surface area contributed by atoms with Crippen LogP contribution in [0.3, 0.4) is 0 Å². The van der Waals surface area contributed by atoms with E-state index in [1.165, 1.54) is 22.2 Å². The van der Waals surface area contributed by atoms with Crippen molar-refractivity contribution in [1.82, 2.24) is 9.88 Å². The van der Waals surface area contributed by atoms with Crippen LogP contribution in [0.1, 0.15) is 37.1 Å². The van der Waals surface area contributed by atoms with E-state index in [4.69, 9.17) is 0 Å². The number of para-hydroxylation sites is 1. The van der Waals surface area contributed by atoms with Crippen LogP contribution in [0.4, 0.5) is 0 Å². The van der Waals surface area contributed by atoms with Gasteiger partial charge in [-0.25, -0.2) is 0 Å². The second-order valence-electron chi connectivity index (χ2n) is 6.21. The van der Waals surface area contributed by atoms with Crippen LogP contribution >= 0.6 is 0 Å². The molecule has 3 heterocycles. The number of rotatable bonds is 0. The Bertz CT molecular complexity index is 629. The van der Waals surface area contributed by atoms with Gasteiger partial charge in [0.1, 0.15) is 0 Å². The first-order valence-electron chi connectivity index (χ1n) is 7.23. The highest BCUT2D eigenvalue weighted by atomic mass is 16.3. The second-order valence-corrected chi connectivity index (χ2v) is 6.21. The summed E-state index contributed by atoms with van der Waals surface area (Å²) < 4.78 is 0. The van der Waals surface area contributed by atoms with Crippen molar-refractivity contribution in [3.05, 3.63) is 35.5 Å². The fourth-order valence-electron chi connectivity index (χ4n) is 4.01. The molecule has 2 aliphatic rings. The zero-order chi connectivity index (χ0) is 13.0. The van der Waals surface area contributed by atoms with E-state index in [9.17, 15) is 5.11 Å². The van der Waals surface area contributed by atoms with Gasteiger partial charge in [-0.05, 0) is 44.4 Å². The largest absolute Gasteiger partial charge is 0.388 e. The van der Waals surface area contributed by atoms with Gasteiger partial charge in [-0.2, -0.15) is 0 Å². The number of benzene rings is 1. The third-order valence-electron chi connectivity index (χ3n) is 4.85.